The minimum atomic E-state index is 0.464. The molecule has 0 spiro atoms. The molecular formula is C13H26N4O. The van der Waals surface area contributed by atoms with Gasteiger partial charge >= 0.3 is 0 Å². The number of likely N-dealkylation sites (tertiary alicyclic amines) is 1. The van der Waals surface area contributed by atoms with E-state index in [4.69, 9.17) is 15.6 Å². The van der Waals surface area contributed by atoms with Crippen molar-refractivity contribution >= 4 is 5.96 Å². The van der Waals surface area contributed by atoms with Gasteiger partial charge in [-0.15, -0.1) is 0 Å². The summed E-state index contributed by atoms with van der Waals surface area (Å²) in [7, 11) is 1.76. The van der Waals surface area contributed by atoms with E-state index in [2.05, 4.69) is 10.3 Å². The van der Waals surface area contributed by atoms with E-state index < -0.39 is 0 Å². The topological polar surface area (TPSA) is 62.9 Å². The van der Waals surface area contributed by atoms with Gasteiger partial charge in [0.15, 0.2) is 0 Å². The van der Waals surface area contributed by atoms with E-state index in [1.165, 1.54) is 38.5 Å². The van der Waals surface area contributed by atoms with Crippen molar-refractivity contribution < 1.29 is 4.74 Å². The molecule has 1 saturated heterocycles. The molecule has 1 heterocycles. The highest BCUT2D eigenvalue weighted by molar-refractivity contribution is 5.79. The summed E-state index contributed by atoms with van der Waals surface area (Å²) in [5.41, 5.74) is 2.79. The Labute approximate surface area is 110 Å². The monoisotopic (exact) mass is 254 g/mol. The first-order chi connectivity index (χ1) is 8.83. The lowest BCUT2D eigenvalue weighted by Crippen LogP contribution is -2.44. The Bertz CT molecular complexity index is 276. The highest BCUT2D eigenvalue weighted by Crippen LogP contribution is 2.22. The van der Waals surface area contributed by atoms with Crippen molar-refractivity contribution in [2.45, 2.75) is 44.6 Å². The molecule has 1 aliphatic heterocycles. The van der Waals surface area contributed by atoms with Crippen LogP contribution in [0.1, 0.15) is 38.5 Å². The molecule has 1 saturated carbocycles. The molecule has 3 N–H and O–H groups in total. The lowest BCUT2D eigenvalue weighted by molar-refractivity contribution is 0.157. The predicted octanol–water partition coefficient (Wildman–Crippen LogP) is 1.11. The molecule has 5 heteroatoms. The summed E-state index contributed by atoms with van der Waals surface area (Å²) in [4.78, 5) is 7.06. The molecule has 0 bridgehead atoms. The molecule has 5 nitrogen and oxygen atoms in total. The largest absolute Gasteiger partial charge is 0.384 e. The normalized spacial score (nSPS) is 26.7. The van der Waals surface area contributed by atoms with Gasteiger partial charge in [-0.2, -0.15) is 0 Å². The molecule has 0 amide bonds. The average molecular weight is 254 g/mol. The van der Waals surface area contributed by atoms with Gasteiger partial charge in [-0.05, 0) is 19.3 Å². The van der Waals surface area contributed by atoms with Crippen molar-refractivity contribution in [1.82, 2.24) is 10.3 Å². The number of rotatable bonds is 3. The Hall–Kier alpha value is -0.810. The van der Waals surface area contributed by atoms with E-state index in [1.54, 1.807) is 7.11 Å². The van der Waals surface area contributed by atoms with Crippen LogP contribution in [0, 0.1) is 5.92 Å². The van der Waals surface area contributed by atoms with Crippen molar-refractivity contribution in [3.05, 3.63) is 0 Å². The Morgan fingerprint density at radius 1 is 1.33 bits per heavy atom. The third-order valence-electron chi connectivity index (χ3n) is 4.00. The fourth-order valence-electron chi connectivity index (χ4n) is 2.99. The van der Waals surface area contributed by atoms with Crippen molar-refractivity contribution in [2.75, 3.05) is 26.8 Å². The predicted molar refractivity (Wildman–Crippen MR) is 73.2 cm³/mol. The molecule has 2 fully saturated rings. The number of hydrazine groups is 1. The summed E-state index contributed by atoms with van der Waals surface area (Å²) in [5, 5.41) is 0. The first-order valence-electron chi connectivity index (χ1n) is 7.11. The van der Waals surface area contributed by atoms with E-state index in [1.807, 2.05) is 0 Å². The van der Waals surface area contributed by atoms with Gasteiger partial charge in [-0.3, -0.25) is 5.43 Å². The molecule has 0 aromatic carbocycles. The van der Waals surface area contributed by atoms with Gasteiger partial charge in [0.1, 0.15) is 0 Å². The van der Waals surface area contributed by atoms with E-state index >= 15 is 0 Å². The van der Waals surface area contributed by atoms with E-state index in [0.717, 1.165) is 25.7 Å². The molecular weight excluding hydrogens is 228 g/mol. The van der Waals surface area contributed by atoms with Crippen molar-refractivity contribution in [3.63, 3.8) is 0 Å². The number of hydrogen-bond acceptors (Lipinski definition) is 3. The summed E-state index contributed by atoms with van der Waals surface area (Å²) in [5.74, 6) is 7.12. The zero-order valence-corrected chi connectivity index (χ0v) is 11.4. The number of hydrogen-bond donors (Lipinski definition) is 2. The van der Waals surface area contributed by atoms with E-state index in [0.29, 0.717) is 12.0 Å². The smallest absolute Gasteiger partial charge is 0.208 e. The summed E-state index contributed by atoms with van der Waals surface area (Å²) in [6, 6.07) is 0.464. The number of nitrogens with zero attached hydrogens (tertiary/aromatic N) is 2. The van der Waals surface area contributed by atoms with Crippen LogP contribution in [0.5, 0.6) is 0 Å². The number of nitrogens with one attached hydrogen (secondary N) is 1. The maximum atomic E-state index is 5.64. The molecule has 0 aromatic rings. The summed E-state index contributed by atoms with van der Waals surface area (Å²) in [6.07, 6.45) is 7.55. The SMILES string of the molecule is COCC1CCN(C(=NC2CCCCC2)NN)C1. The molecule has 104 valence electrons. The third-order valence-corrected chi connectivity index (χ3v) is 4.00. The Morgan fingerprint density at radius 2 is 2.11 bits per heavy atom. The Morgan fingerprint density at radius 3 is 2.78 bits per heavy atom. The van der Waals surface area contributed by atoms with Crippen molar-refractivity contribution in [3.8, 4) is 0 Å². The van der Waals surface area contributed by atoms with Gasteiger partial charge in [0, 0.05) is 26.1 Å². The number of ether oxygens (including phenoxy) is 1. The highest BCUT2D eigenvalue weighted by atomic mass is 16.5. The Kier molecular flexibility index (Phi) is 5.26. The van der Waals surface area contributed by atoms with Gasteiger partial charge in [-0.1, -0.05) is 19.3 Å². The van der Waals surface area contributed by atoms with E-state index in [-0.39, 0.29) is 0 Å². The van der Waals surface area contributed by atoms with Gasteiger partial charge in [0.05, 0.1) is 12.6 Å². The highest BCUT2D eigenvalue weighted by Gasteiger charge is 2.25. The van der Waals surface area contributed by atoms with Crippen LogP contribution in [0.4, 0.5) is 0 Å². The van der Waals surface area contributed by atoms with Crippen molar-refractivity contribution in [2.24, 2.45) is 16.8 Å². The van der Waals surface area contributed by atoms with Crippen LogP contribution in [0.2, 0.25) is 0 Å². The van der Waals surface area contributed by atoms with Gasteiger partial charge < -0.3 is 9.64 Å². The second-order valence-corrected chi connectivity index (χ2v) is 5.44. The minimum absolute atomic E-state index is 0.464. The van der Waals surface area contributed by atoms with Crippen LogP contribution in [0.25, 0.3) is 0 Å². The maximum Gasteiger partial charge on any atom is 0.208 e. The lowest BCUT2D eigenvalue weighted by Gasteiger charge is -2.24. The first kappa shape index (κ1) is 13.6. The zero-order chi connectivity index (χ0) is 12.8. The van der Waals surface area contributed by atoms with Crippen LogP contribution in [-0.2, 0) is 4.74 Å². The molecule has 2 rings (SSSR count). The second-order valence-electron chi connectivity index (χ2n) is 5.44. The summed E-state index contributed by atoms with van der Waals surface area (Å²) >= 11 is 0. The second kappa shape index (κ2) is 6.95. The molecule has 1 atom stereocenters. The number of methoxy groups -OCH3 is 1. The standard InChI is InChI=1S/C13H26N4O/c1-18-10-11-7-8-17(9-11)13(16-14)15-12-5-3-2-4-6-12/h11-12H,2-10,14H2,1H3,(H,15,16). The molecule has 1 aliphatic carbocycles. The fraction of sp³-hybridized carbons (Fsp3) is 0.923. The molecule has 0 radical (unpaired) electrons. The first-order valence-corrected chi connectivity index (χ1v) is 7.11. The minimum Gasteiger partial charge on any atom is -0.384 e. The van der Waals surface area contributed by atoms with E-state index in [9.17, 15) is 0 Å². The quantitative estimate of drug-likeness (QED) is 0.343. The molecule has 2 aliphatic rings. The van der Waals surface area contributed by atoms with Gasteiger partial charge in [-0.25, -0.2) is 10.8 Å². The Balaban J connectivity index is 1.89. The molecule has 0 aromatic heterocycles. The van der Waals surface area contributed by atoms with Crippen molar-refractivity contribution in [1.29, 1.82) is 0 Å². The van der Waals surface area contributed by atoms with Gasteiger partial charge in [0.2, 0.25) is 5.96 Å². The van der Waals surface area contributed by atoms with Crippen LogP contribution < -0.4 is 11.3 Å². The maximum absolute atomic E-state index is 5.64. The van der Waals surface area contributed by atoms with Crippen LogP contribution in [0.15, 0.2) is 4.99 Å². The van der Waals surface area contributed by atoms with Crippen LogP contribution in [0.3, 0.4) is 0 Å². The number of nitrogens with two attached hydrogens (primary N) is 1. The van der Waals surface area contributed by atoms with Crippen LogP contribution in [-0.4, -0.2) is 43.7 Å². The lowest BCUT2D eigenvalue weighted by atomic mass is 9.96. The molecule has 1 unspecified atom stereocenters. The zero-order valence-electron chi connectivity index (χ0n) is 11.4. The van der Waals surface area contributed by atoms with Crippen LogP contribution >= 0.6 is 0 Å². The third kappa shape index (κ3) is 3.59. The number of aliphatic imine (C=N–C) groups is 1. The van der Waals surface area contributed by atoms with Gasteiger partial charge in [0.25, 0.3) is 0 Å². The average Bonchev–Trinajstić information content (AvgIpc) is 2.86. The fourth-order valence-corrected chi connectivity index (χ4v) is 2.99. The number of guanidine groups is 1. The molecule has 18 heavy (non-hydrogen) atoms. The summed E-state index contributed by atoms with van der Waals surface area (Å²) < 4.78 is 5.22. The summed E-state index contributed by atoms with van der Waals surface area (Å²) in [6.45, 7) is 2.87.